The molecule has 1 aromatic heterocycles. The summed E-state index contributed by atoms with van der Waals surface area (Å²) in [5.41, 5.74) is 5.97. The van der Waals surface area contributed by atoms with Crippen LogP contribution in [0, 0.1) is 5.92 Å². The third kappa shape index (κ3) is 7.07. The number of hydrogen-bond acceptors (Lipinski definition) is 4. The lowest BCUT2D eigenvalue weighted by Crippen LogP contribution is -2.42. The first-order valence-electron chi connectivity index (χ1n) is 7.83. The van der Waals surface area contributed by atoms with E-state index in [0.29, 0.717) is 19.6 Å². The average molecular weight is 380 g/mol. The van der Waals surface area contributed by atoms with Crippen LogP contribution in [-0.2, 0) is 16.0 Å². The molecule has 0 aromatic carbocycles. The number of aromatic nitrogens is 2. The summed E-state index contributed by atoms with van der Waals surface area (Å²) in [7, 11) is 0. The molecule has 2 atom stereocenters. The summed E-state index contributed by atoms with van der Waals surface area (Å²) in [4.78, 5) is 32.7. The Morgan fingerprint density at radius 2 is 2.12 bits per heavy atom. The van der Waals surface area contributed by atoms with Crippen LogP contribution < -0.4 is 11.1 Å². The number of carbonyl (C=O) groups excluding carboxylic acids is 2. The first-order chi connectivity index (χ1) is 10.6. The normalized spacial score (nSPS) is 20.3. The first kappa shape index (κ1) is 22.7. The zero-order chi connectivity index (χ0) is 15.9. The van der Waals surface area contributed by atoms with E-state index in [9.17, 15) is 9.59 Å². The second-order valence-corrected chi connectivity index (χ2v) is 5.89. The summed E-state index contributed by atoms with van der Waals surface area (Å²) in [5, 5.41) is 2.96. The lowest BCUT2D eigenvalue weighted by atomic mass is 10.0. The summed E-state index contributed by atoms with van der Waals surface area (Å²) >= 11 is 0. The summed E-state index contributed by atoms with van der Waals surface area (Å²) < 4.78 is 0. The maximum atomic E-state index is 12.3. The highest BCUT2D eigenvalue weighted by Gasteiger charge is 2.27. The number of likely N-dealkylation sites (tertiary alicyclic amines) is 1. The van der Waals surface area contributed by atoms with Gasteiger partial charge in [0.05, 0.1) is 5.92 Å². The van der Waals surface area contributed by atoms with Gasteiger partial charge in [-0.25, -0.2) is 4.98 Å². The Hall–Kier alpha value is -1.31. The van der Waals surface area contributed by atoms with Crippen LogP contribution in [0.4, 0.5) is 0 Å². The number of nitrogens with one attached hydrogen (secondary N) is 2. The molecule has 1 aliphatic heterocycles. The zero-order valence-electron chi connectivity index (χ0n) is 13.9. The topological polar surface area (TPSA) is 104 Å². The Kier molecular flexibility index (Phi) is 10.7. The van der Waals surface area contributed by atoms with Gasteiger partial charge >= 0.3 is 0 Å². The van der Waals surface area contributed by atoms with Gasteiger partial charge in [-0.15, -0.1) is 24.8 Å². The summed E-state index contributed by atoms with van der Waals surface area (Å²) in [6.45, 7) is 3.14. The van der Waals surface area contributed by atoms with Crippen LogP contribution in [0.2, 0.25) is 0 Å². The fourth-order valence-corrected chi connectivity index (χ4v) is 2.74. The molecule has 1 fully saturated rings. The smallest absolute Gasteiger partial charge is 0.224 e. The molecule has 1 saturated heterocycles. The highest BCUT2D eigenvalue weighted by molar-refractivity contribution is 5.85. The van der Waals surface area contributed by atoms with E-state index in [2.05, 4.69) is 15.3 Å². The number of carbonyl (C=O) groups is 2. The minimum Gasteiger partial charge on any atom is -0.356 e. The van der Waals surface area contributed by atoms with E-state index in [0.717, 1.165) is 31.5 Å². The lowest BCUT2D eigenvalue weighted by molar-refractivity contribution is -0.131. The van der Waals surface area contributed by atoms with Crippen molar-refractivity contribution in [3.8, 4) is 0 Å². The number of nitrogens with two attached hydrogens (primary N) is 1. The van der Waals surface area contributed by atoms with Gasteiger partial charge in [0.2, 0.25) is 11.8 Å². The molecule has 2 amide bonds. The SMILES string of the molecule is CC(=O)N1C[C@@H](N)CC[C@@H](C(=O)NCCCc2ncc[nH]2)C1.Cl.Cl. The number of imidazole rings is 1. The van der Waals surface area contributed by atoms with Gasteiger partial charge in [0.15, 0.2) is 0 Å². The molecule has 1 aromatic rings. The molecular weight excluding hydrogens is 353 g/mol. The van der Waals surface area contributed by atoms with E-state index < -0.39 is 0 Å². The Balaban J connectivity index is 0.00000264. The van der Waals surface area contributed by atoms with Crippen molar-refractivity contribution >= 4 is 36.6 Å². The molecule has 9 heteroatoms. The second kappa shape index (κ2) is 11.3. The number of nitrogens with zero attached hydrogens (tertiary/aromatic N) is 2. The molecule has 0 bridgehead atoms. The summed E-state index contributed by atoms with van der Waals surface area (Å²) in [6, 6.07) is -0.0411. The number of aromatic amines is 1. The summed E-state index contributed by atoms with van der Waals surface area (Å²) in [5.74, 6) is 0.756. The van der Waals surface area contributed by atoms with Gasteiger partial charge in [-0.1, -0.05) is 0 Å². The largest absolute Gasteiger partial charge is 0.356 e. The number of halogens is 2. The van der Waals surface area contributed by atoms with E-state index in [1.165, 1.54) is 6.92 Å². The van der Waals surface area contributed by atoms with Crippen LogP contribution in [0.25, 0.3) is 0 Å². The van der Waals surface area contributed by atoms with Crippen molar-refractivity contribution in [1.82, 2.24) is 20.2 Å². The third-order valence-corrected chi connectivity index (χ3v) is 4.04. The standard InChI is InChI=1S/C15H25N5O2.2ClH/c1-11(21)20-9-12(4-5-13(16)10-20)15(22)19-6-2-3-14-17-7-8-18-14;;/h7-8,12-13H,2-6,9-10,16H2,1H3,(H,17,18)(H,19,22);2*1H/t12-,13+;;/m1../s1. The van der Waals surface area contributed by atoms with Gasteiger partial charge in [-0.3, -0.25) is 9.59 Å². The molecule has 0 unspecified atom stereocenters. The van der Waals surface area contributed by atoms with Crippen molar-refractivity contribution in [1.29, 1.82) is 0 Å². The molecule has 0 spiro atoms. The van der Waals surface area contributed by atoms with E-state index in [4.69, 9.17) is 5.73 Å². The van der Waals surface area contributed by atoms with E-state index in [1.807, 2.05) is 0 Å². The van der Waals surface area contributed by atoms with Crippen LogP contribution >= 0.6 is 24.8 Å². The molecule has 0 radical (unpaired) electrons. The van der Waals surface area contributed by atoms with Gasteiger partial charge in [-0.05, 0) is 19.3 Å². The fraction of sp³-hybridized carbons (Fsp3) is 0.667. The van der Waals surface area contributed by atoms with Crippen molar-refractivity contribution < 1.29 is 9.59 Å². The molecule has 0 aliphatic carbocycles. The number of rotatable bonds is 5. The average Bonchev–Trinajstić information content (AvgIpc) is 2.91. The van der Waals surface area contributed by atoms with E-state index in [-0.39, 0.29) is 48.6 Å². The highest BCUT2D eigenvalue weighted by atomic mass is 35.5. The summed E-state index contributed by atoms with van der Waals surface area (Å²) in [6.07, 6.45) is 6.66. The van der Waals surface area contributed by atoms with Gasteiger partial charge < -0.3 is 20.9 Å². The van der Waals surface area contributed by atoms with Crippen molar-refractivity contribution in [3.05, 3.63) is 18.2 Å². The van der Waals surface area contributed by atoms with Gasteiger partial charge in [0.1, 0.15) is 5.82 Å². The van der Waals surface area contributed by atoms with E-state index >= 15 is 0 Å². The minimum atomic E-state index is -0.166. The number of hydrogen-bond donors (Lipinski definition) is 3. The van der Waals surface area contributed by atoms with Gasteiger partial charge in [0.25, 0.3) is 0 Å². The maximum Gasteiger partial charge on any atom is 0.224 e. The van der Waals surface area contributed by atoms with Crippen molar-refractivity contribution in [2.75, 3.05) is 19.6 Å². The molecular formula is C15H27Cl2N5O2. The van der Waals surface area contributed by atoms with Gasteiger partial charge in [-0.2, -0.15) is 0 Å². The molecule has 138 valence electrons. The van der Waals surface area contributed by atoms with E-state index in [1.54, 1.807) is 17.3 Å². The Bertz CT molecular complexity index is 498. The van der Waals surface area contributed by atoms with Crippen LogP contribution in [-0.4, -0.2) is 52.4 Å². The van der Waals surface area contributed by atoms with Crippen LogP contribution in [0.15, 0.2) is 12.4 Å². The Morgan fingerprint density at radius 3 is 2.75 bits per heavy atom. The third-order valence-electron chi connectivity index (χ3n) is 4.04. The lowest BCUT2D eigenvalue weighted by Gasteiger charge is -2.23. The predicted molar refractivity (Wildman–Crippen MR) is 97.4 cm³/mol. The highest BCUT2D eigenvalue weighted by Crippen LogP contribution is 2.16. The monoisotopic (exact) mass is 379 g/mol. The van der Waals surface area contributed by atoms with Crippen LogP contribution in [0.1, 0.15) is 32.0 Å². The molecule has 24 heavy (non-hydrogen) atoms. The first-order valence-corrected chi connectivity index (χ1v) is 7.83. The fourth-order valence-electron chi connectivity index (χ4n) is 2.74. The van der Waals surface area contributed by atoms with Crippen molar-refractivity contribution in [2.45, 2.75) is 38.6 Å². The van der Waals surface area contributed by atoms with Crippen molar-refractivity contribution in [2.24, 2.45) is 11.7 Å². The second-order valence-electron chi connectivity index (χ2n) is 5.89. The quantitative estimate of drug-likeness (QED) is 0.660. The number of H-pyrrole nitrogens is 1. The maximum absolute atomic E-state index is 12.3. The predicted octanol–water partition coefficient (Wildman–Crippen LogP) is 0.888. The zero-order valence-corrected chi connectivity index (χ0v) is 15.5. The molecule has 4 N–H and O–H groups in total. The number of aryl methyl sites for hydroxylation is 1. The van der Waals surface area contributed by atoms with Gasteiger partial charge in [0, 0.05) is 51.4 Å². The Labute approximate surface area is 155 Å². The Morgan fingerprint density at radius 1 is 1.38 bits per heavy atom. The van der Waals surface area contributed by atoms with Crippen LogP contribution in [0.5, 0.6) is 0 Å². The molecule has 2 rings (SSSR count). The van der Waals surface area contributed by atoms with Crippen molar-refractivity contribution in [3.63, 3.8) is 0 Å². The number of amides is 2. The molecule has 7 nitrogen and oxygen atoms in total. The minimum absolute atomic E-state index is 0. The van der Waals surface area contributed by atoms with Crippen LogP contribution in [0.3, 0.4) is 0 Å². The molecule has 0 saturated carbocycles. The molecule has 2 heterocycles. The molecule has 1 aliphatic rings.